The summed E-state index contributed by atoms with van der Waals surface area (Å²) in [5, 5.41) is 0. The number of ether oxygens (including phenoxy) is 2. The van der Waals surface area contributed by atoms with Gasteiger partial charge in [-0.15, -0.1) is 13.2 Å². The highest BCUT2D eigenvalue weighted by molar-refractivity contribution is 5.77. The lowest BCUT2D eigenvalue weighted by Gasteiger charge is -2.09. The van der Waals surface area contributed by atoms with Crippen molar-refractivity contribution in [3.8, 4) is 0 Å². The number of aldehydes is 1. The Morgan fingerprint density at radius 3 is 2.23 bits per heavy atom. The Labute approximate surface area is 157 Å². The maximum atomic E-state index is 10.8. The maximum Gasteiger partial charge on any atom is 0.154 e. The molecule has 0 aliphatic rings. The molecular formula is C22H31NO3. The van der Waals surface area contributed by atoms with E-state index in [1.54, 1.807) is 6.20 Å². The summed E-state index contributed by atoms with van der Waals surface area (Å²) < 4.78 is 10.1. The van der Waals surface area contributed by atoms with E-state index in [1.165, 1.54) is 5.56 Å². The molecule has 0 radical (unpaired) electrons. The van der Waals surface area contributed by atoms with Crippen molar-refractivity contribution in [3.63, 3.8) is 0 Å². The second kappa shape index (κ2) is 16.2. The number of nitrogens with zero attached hydrogens (tertiary/aromatic N) is 1. The van der Waals surface area contributed by atoms with Gasteiger partial charge in [0.2, 0.25) is 0 Å². The number of benzene rings is 1. The molecule has 26 heavy (non-hydrogen) atoms. The Balaban J connectivity index is 0.000000533. The smallest absolute Gasteiger partial charge is 0.154 e. The van der Waals surface area contributed by atoms with Crippen LogP contribution in [0.2, 0.25) is 0 Å². The minimum absolute atomic E-state index is 0.0370. The summed E-state index contributed by atoms with van der Waals surface area (Å²) in [6.07, 6.45) is 6.30. The number of carbonyl (C=O) groups excluding carboxylic acids is 1. The highest BCUT2D eigenvalue weighted by Gasteiger charge is 2.00. The Hall–Kier alpha value is -2.30. The molecule has 1 heterocycles. The zero-order valence-electron chi connectivity index (χ0n) is 16.2. The molecule has 1 aromatic heterocycles. The summed E-state index contributed by atoms with van der Waals surface area (Å²) in [5.74, 6) is 0. The van der Waals surface area contributed by atoms with Crippen LogP contribution in [0, 0.1) is 0 Å². The van der Waals surface area contributed by atoms with Gasteiger partial charge in [-0.3, -0.25) is 9.78 Å². The monoisotopic (exact) mass is 357 g/mol. The number of pyridine rings is 1. The topological polar surface area (TPSA) is 48.4 Å². The van der Waals surface area contributed by atoms with E-state index in [9.17, 15) is 4.79 Å². The van der Waals surface area contributed by atoms with Crippen LogP contribution >= 0.6 is 0 Å². The summed E-state index contributed by atoms with van der Waals surface area (Å²) in [5.41, 5.74) is 3.08. The van der Waals surface area contributed by atoms with E-state index in [0.717, 1.165) is 43.5 Å². The lowest BCUT2D eigenvalue weighted by molar-refractivity contribution is -0.123. The van der Waals surface area contributed by atoms with Crippen LogP contribution in [-0.4, -0.2) is 30.8 Å². The minimum Gasteiger partial charge on any atom is -0.353 e. The average Bonchev–Trinajstić information content (AvgIpc) is 2.70. The fourth-order valence-electron chi connectivity index (χ4n) is 2.22. The SMILES string of the molecule is C=C.CCOC(C)OCC.O=Cc1ccccc1CCc1cccnc1. The van der Waals surface area contributed by atoms with Crippen molar-refractivity contribution < 1.29 is 14.3 Å². The predicted octanol–water partition coefficient (Wildman–Crippen LogP) is 4.89. The van der Waals surface area contributed by atoms with Crippen LogP contribution in [0.4, 0.5) is 0 Å². The van der Waals surface area contributed by atoms with Crippen molar-refractivity contribution in [1.29, 1.82) is 0 Å². The van der Waals surface area contributed by atoms with Gasteiger partial charge in [-0.2, -0.15) is 0 Å². The van der Waals surface area contributed by atoms with Gasteiger partial charge in [0.05, 0.1) is 0 Å². The van der Waals surface area contributed by atoms with Crippen molar-refractivity contribution in [2.75, 3.05) is 13.2 Å². The summed E-state index contributed by atoms with van der Waals surface area (Å²) >= 11 is 0. The van der Waals surface area contributed by atoms with Crippen molar-refractivity contribution in [1.82, 2.24) is 4.98 Å². The molecule has 2 aromatic rings. The number of carbonyl (C=O) groups is 1. The molecule has 0 bridgehead atoms. The molecule has 0 aliphatic heterocycles. The maximum absolute atomic E-state index is 10.8. The minimum atomic E-state index is -0.0370. The summed E-state index contributed by atoms with van der Waals surface area (Å²) in [6.45, 7) is 13.3. The first-order chi connectivity index (χ1) is 12.7. The van der Waals surface area contributed by atoms with E-state index in [4.69, 9.17) is 9.47 Å². The molecule has 0 fully saturated rings. The average molecular weight is 357 g/mol. The van der Waals surface area contributed by atoms with Gasteiger partial charge in [0, 0.05) is 31.2 Å². The molecule has 0 N–H and O–H groups in total. The third kappa shape index (κ3) is 10.5. The molecule has 0 aliphatic carbocycles. The molecule has 0 saturated carbocycles. The van der Waals surface area contributed by atoms with Gasteiger partial charge in [0.1, 0.15) is 6.29 Å². The highest BCUT2D eigenvalue weighted by atomic mass is 16.7. The van der Waals surface area contributed by atoms with Crippen LogP contribution in [0.1, 0.15) is 42.3 Å². The van der Waals surface area contributed by atoms with Crippen LogP contribution in [0.5, 0.6) is 0 Å². The number of rotatable bonds is 8. The molecule has 0 saturated heterocycles. The van der Waals surface area contributed by atoms with Crippen molar-refractivity contribution in [2.24, 2.45) is 0 Å². The molecular weight excluding hydrogens is 326 g/mol. The van der Waals surface area contributed by atoms with Crippen LogP contribution in [0.25, 0.3) is 0 Å². The zero-order valence-corrected chi connectivity index (χ0v) is 16.2. The fourth-order valence-corrected chi connectivity index (χ4v) is 2.22. The Kier molecular flexibility index (Phi) is 14.8. The van der Waals surface area contributed by atoms with E-state index >= 15 is 0 Å². The van der Waals surface area contributed by atoms with Crippen molar-refractivity contribution >= 4 is 6.29 Å². The quantitative estimate of drug-likeness (QED) is 0.383. The molecule has 2 rings (SSSR count). The summed E-state index contributed by atoms with van der Waals surface area (Å²) in [4.78, 5) is 14.9. The number of aromatic nitrogens is 1. The Morgan fingerprint density at radius 2 is 1.69 bits per heavy atom. The molecule has 0 unspecified atom stereocenters. The van der Waals surface area contributed by atoms with Crippen LogP contribution in [0.15, 0.2) is 61.9 Å². The fraction of sp³-hybridized carbons (Fsp3) is 0.364. The van der Waals surface area contributed by atoms with Crippen molar-refractivity contribution in [3.05, 3.63) is 78.6 Å². The van der Waals surface area contributed by atoms with Gasteiger partial charge >= 0.3 is 0 Å². The van der Waals surface area contributed by atoms with Gasteiger partial charge in [0.15, 0.2) is 6.29 Å². The summed E-state index contributed by atoms with van der Waals surface area (Å²) in [6, 6.07) is 11.7. The molecule has 0 amide bonds. The second-order valence-electron chi connectivity index (χ2n) is 5.16. The van der Waals surface area contributed by atoms with Gasteiger partial charge in [-0.25, -0.2) is 0 Å². The molecule has 0 atom stereocenters. The number of hydrogen-bond acceptors (Lipinski definition) is 4. The van der Waals surface area contributed by atoms with Crippen LogP contribution in [0.3, 0.4) is 0 Å². The highest BCUT2D eigenvalue weighted by Crippen LogP contribution is 2.10. The van der Waals surface area contributed by atoms with E-state index in [0.29, 0.717) is 0 Å². The molecule has 142 valence electrons. The first-order valence-electron chi connectivity index (χ1n) is 8.86. The standard InChI is InChI=1S/C14H13NO.C6H14O2.C2H4/c16-11-14-6-2-1-5-13(14)8-7-12-4-3-9-15-10-12;1-4-7-6(3)8-5-2;1-2/h1-6,9-11H,7-8H2;6H,4-5H2,1-3H3;1-2H2. The van der Waals surface area contributed by atoms with Gasteiger partial charge in [0.25, 0.3) is 0 Å². The summed E-state index contributed by atoms with van der Waals surface area (Å²) in [7, 11) is 0. The van der Waals surface area contributed by atoms with E-state index in [1.807, 2.05) is 57.3 Å². The normalized spacial score (nSPS) is 9.54. The number of aryl methyl sites for hydroxylation is 2. The lowest BCUT2D eigenvalue weighted by Crippen LogP contribution is -2.11. The lowest BCUT2D eigenvalue weighted by atomic mass is 10.0. The Bertz CT molecular complexity index is 581. The van der Waals surface area contributed by atoms with Gasteiger partial charge in [-0.05, 0) is 50.8 Å². The Morgan fingerprint density at radius 1 is 1.04 bits per heavy atom. The number of hydrogen-bond donors (Lipinski definition) is 0. The second-order valence-corrected chi connectivity index (χ2v) is 5.16. The third-order valence-electron chi connectivity index (χ3n) is 3.39. The molecule has 0 spiro atoms. The molecule has 1 aromatic carbocycles. The van der Waals surface area contributed by atoms with E-state index in [2.05, 4.69) is 24.2 Å². The first-order valence-corrected chi connectivity index (χ1v) is 8.86. The first kappa shape index (κ1) is 23.7. The largest absolute Gasteiger partial charge is 0.353 e. The molecule has 4 heteroatoms. The zero-order chi connectivity index (χ0) is 19.6. The van der Waals surface area contributed by atoms with E-state index < -0.39 is 0 Å². The van der Waals surface area contributed by atoms with Crippen LogP contribution in [-0.2, 0) is 22.3 Å². The van der Waals surface area contributed by atoms with E-state index in [-0.39, 0.29) is 6.29 Å². The van der Waals surface area contributed by atoms with Crippen LogP contribution < -0.4 is 0 Å². The van der Waals surface area contributed by atoms with Gasteiger partial charge in [-0.1, -0.05) is 30.3 Å². The molecule has 4 nitrogen and oxygen atoms in total. The van der Waals surface area contributed by atoms with Crippen molar-refractivity contribution in [2.45, 2.75) is 39.9 Å². The predicted molar refractivity (Wildman–Crippen MR) is 107 cm³/mol. The third-order valence-corrected chi connectivity index (χ3v) is 3.39. The van der Waals surface area contributed by atoms with Gasteiger partial charge < -0.3 is 9.47 Å².